The van der Waals surface area contributed by atoms with E-state index in [4.69, 9.17) is 0 Å². The summed E-state index contributed by atoms with van der Waals surface area (Å²) in [7, 11) is 0. The molecule has 0 spiro atoms. The number of nitrogens with one attached hydrogen (secondary N) is 1. The van der Waals surface area contributed by atoms with Crippen LogP contribution in [0.4, 0.5) is 14.5 Å². The first-order valence-corrected chi connectivity index (χ1v) is 11.2. The number of carbonyl (C=O) groups is 3. The van der Waals surface area contributed by atoms with Gasteiger partial charge in [0.2, 0.25) is 11.8 Å². The number of carbonyl (C=O) groups excluding carboxylic acids is 3. The topological polar surface area (TPSA) is 69.7 Å². The fourth-order valence-electron chi connectivity index (χ4n) is 4.87. The molecule has 2 aromatic carbocycles. The van der Waals surface area contributed by atoms with Gasteiger partial charge in [0.1, 0.15) is 17.3 Å². The molecule has 2 aromatic rings. The van der Waals surface area contributed by atoms with E-state index in [1.165, 1.54) is 18.2 Å². The Morgan fingerprint density at radius 3 is 2.55 bits per heavy atom. The molecule has 2 aliphatic heterocycles. The average molecular weight is 456 g/mol. The molecule has 33 heavy (non-hydrogen) atoms. The minimum Gasteiger partial charge on any atom is -0.353 e. The van der Waals surface area contributed by atoms with Crippen molar-refractivity contribution in [3.8, 4) is 0 Å². The van der Waals surface area contributed by atoms with E-state index in [-0.39, 0.29) is 36.1 Å². The largest absolute Gasteiger partial charge is 0.353 e. The molecular weight excluding hydrogens is 428 g/mol. The van der Waals surface area contributed by atoms with Gasteiger partial charge in [-0.1, -0.05) is 18.2 Å². The van der Waals surface area contributed by atoms with Crippen molar-refractivity contribution in [3.63, 3.8) is 0 Å². The molecule has 1 fully saturated rings. The Morgan fingerprint density at radius 1 is 1.12 bits per heavy atom. The zero-order chi connectivity index (χ0) is 23.8. The predicted molar refractivity (Wildman–Crippen MR) is 120 cm³/mol. The zero-order valence-electron chi connectivity index (χ0n) is 18.7. The van der Waals surface area contributed by atoms with Crippen molar-refractivity contribution in [2.45, 2.75) is 57.7 Å². The van der Waals surface area contributed by atoms with Crippen LogP contribution in [0, 0.1) is 11.6 Å². The summed E-state index contributed by atoms with van der Waals surface area (Å²) in [6.45, 7) is 3.89. The van der Waals surface area contributed by atoms with Gasteiger partial charge in [-0.05, 0) is 57.4 Å². The lowest BCUT2D eigenvalue weighted by Crippen LogP contribution is -2.62. The molecule has 2 atom stereocenters. The van der Waals surface area contributed by atoms with E-state index in [1.54, 1.807) is 34.9 Å². The van der Waals surface area contributed by atoms with Crippen LogP contribution >= 0.6 is 0 Å². The first-order chi connectivity index (χ1) is 15.7. The second-order valence-corrected chi connectivity index (χ2v) is 8.90. The van der Waals surface area contributed by atoms with E-state index >= 15 is 0 Å². The number of anilines is 1. The molecule has 0 bridgehead atoms. The number of amides is 3. The van der Waals surface area contributed by atoms with Crippen LogP contribution in [-0.2, 0) is 16.0 Å². The number of halogens is 2. The Hall–Kier alpha value is -3.29. The third-order valence-electron chi connectivity index (χ3n) is 6.51. The van der Waals surface area contributed by atoms with Crippen LogP contribution in [0.2, 0.25) is 0 Å². The quantitative estimate of drug-likeness (QED) is 0.691. The molecule has 4 rings (SSSR count). The Morgan fingerprint density at radius 2 is 1.82 bits per heavy atom. The van der Waals surface area contributed by atoms with Crippen molar-refractivity contribution in [1.82, 2.24) is 10.2 Å². The number of fused-ring (bicyclic) bond motifs is 3. The average Bonchev–Trinajstić information content (AvgIpc) is 3.08. The summed E-state index contributed by atoms with van der Waals surface area (Å²) in [6, 6.07) is 10.3. The standard InChI is InChI=1S/C25H27F2N3O3/c1-16(15-18-19(26)8-5-9-20(18)27)28-22(31)11-6-14-29-24(33)17-7-3-4-10-21(17)30-23(32)12-13-25(29,30)2/h3-5,7-10,16H,6,11-15H2,1-2H3,(H,28,31). The second-order valence-electron chi connectivity index (χ2n) is 8.90. The highest BCUT2D eigenvalue weighted by molar-refractivity contribution is 6.10. The molecule has 1 N–H and O–H groups in total. The highest BCUT2D eigenvalue weighted by Crippen LogP contribution is 2.44. The van der Waals surface area contributed by atoms with Gasteiger partial charge in [0.05, 0.1) is 11.3 Å². The molecule has 3 amide bonds. The summed E-state index contributed by atoms with van der Waals surface area (Å²) >= 11 is 0. The van der Waals surface area contributed by atoms with Crippen LogP contribution < -0.4 is 10.2 Å². The first-order valence-electron chi connectivity index (χ1n) is 11.2. The van der Waals surface area contributed by atoms with E-state index in [2.05, 4.69) is 5.32 Å². The third kappa shape index (κ3) is 4.21. The van der Waals surface area contributed by atoms with Crippen LogP contribution in [0.5, 0.6) is 0 Å². The molecule has 0 radical (unpaired) electrons. The summed E-state index contributed by atoms with van der Waals surface area (Å²) in [5.74, 6) is -1.70. The second kappa shape index (κ2) is 8.92. The number of hydrogen-bond acceptors (Lipinski definition) is 3. The molecule has 0 saturated carbocycles. The first kappa shape index (κ1) is 22.9. The fraction of sp³-hybridized carbons (Fsp3) is 0.400. The molecule has 1 saturated heterocycles. The van der Waals surface area contributed by atoms with Crippen LogP contribution in [-0.4, -0.2) is 40.9 Å². The van der Waals surface area contributed by atoms with Gasteiger partial charge in [-0.25, -0.2) is 8.78 Å². The van der Waals surface area contributed by atoms with E-state index in [1.807, 2.05) is 13.0 Å². The highest BCUT2D eigenvalue weighted by Gasteiger charge is 2.52. The highest BCUT2D eigenvalue weighted by atomic mass is 19.1. The van der Waals surface area contributed by atoms with E-state index < -0.39 is 23.3 Å². The van der Waals surface area contributed by atoms with Gasteiger partial charge in [0.25, 0.3) is 5.91 Å². The van der Waals surface area contributed by atoms with Crippen LogP contribution in [0.3, 0.4) is 0 Å². The SMILES string of the molecule is CC(Cc1c(F)cccc1F)NC(=O)CCCN1C(=O)c2ccccc2N2C(=O)CCC12C. The Labute approximate surface area is 191 Å². The molecule has 6 nitrogen and oxygen atoms in total. The fourth-order valence-corrected chi connectivity index (χ4v) is 4.87. The minimum atomic E-state index is -0.755. The van der Waals surface area contributed by atoms with Gasteiger partial charge >= 0.3 is 0 Å². The molecule has 2 aliphatic rings. The maximum absolute atomic E-state index is 13.9. The number of hydrogen-bond donors (Lipinski definition) is 1. The maximum Gasteiger partial charge on any atom is 0.257 e. The van der Waals surface area contributed by atoms with E-state index in [9.17, 15) is 23.2 Å². The van der Waals surface area contributed by atoms with Crippen molar-refractivity contribution >= 4 is 23.4 Å². The summed E-state index contributed by atoms with van der Waals surface area (Å²) in [5.41, 5.74) is 0.307. The van der Waals surface area contributed by atoms with Crippen molar-refractivity contribution in [3.05, 3.63) is 65.2 Å². The number of nitrogens with zero attached hydrogens (tertiary/aromatic N) is 2. The number of para-hydroxylation sites is 1. The molecule has 0 aliphatic carbocycles. The maximum atomic E-state index is 13.9. The van der Waals surface area contributed by atoms with Crippen molar-refractivity contribution < 1.29 is 23.2 Å². The lowest BCUT2D eigenvalue weighted by Gasteiger charge is -2.48. The van der Waals surface area contributed by atoms with E-state index in [0.717, 1.165) is 0 Å². The predicted octanol–water partition coefficient (Wildman–Crippen LogP) is 3.79. The van der Waals surface area contributed by atoms with Crippen LogP contribution in [0.15, 0.2) is 42.5 Å². The number of benzene rings is 2. The Kier molecular flexibility index (Phi) is 6.19. The molecule has 8 heteroatoms. The molecule has 2 heterocycles. The van der Waals surface area contributed by atoms with Gasteiger partial charge in [0, 0.05) is 31.0 Å². The number of rotatable bonds is 7. The van der Waals surface area contributed by atoms with Gasteiger partial charge in [-0.2, -0.15) is 0 Å². The summed E-state index contributed by atoms with van der Waals surface area (Å²) in [6.07, 6.45) is 1.49. The molecule has 2 unspecified atom stereocenters. The summed E-state index contributed by atoms with van der Waals surface area (Å²) in [5, 5.41) is 2.77. The lowest BCUT2D eigenvalue weighted by molar-refractivity contribution is -0.122. The normalized spacial score (nSPS) is 20.5. The monoisotopic (exact) mass is 455 g/mol. The smallest absolute Gasteiger partial charge is 0.257 e. The van der Waals surface area contributed by atoms with Crippen molar-refractivity contribution in [2.24, 2.45) is 0 Å². The van der Waals surface area contributed by atoms with Gasteiger partial charge in [-0.3, -0.25) is 19.3 Å². The third-order valence-corrected chi connectivity index (χ3v) is 6.51. The van der Waals surface area contributed by atoms with Gasteiger partial charge in [-0.15, -0.1) is 0 Å². The lowest BCUT2D eigenvalue weighted by atomic mass is 9.98. The van der Waals surface area contributed by atoms with Crippen LogP contribution in [0.25, 0.3) is 0 Å². The Balaban J connectivity index is 1.37. The van der Waals surface area contributed by atoms with Gasteiger partial charge in [0.15, 0.2) is 0 Å². The molecule has 0 aromatic heterocycles. The molecule has 174 valence electrons. The van der Waals surface area contributed by atoms with E-state index in [0.29, 0.717) is 37.1 Å². The van der Waals surface area contributed by atoms with Gasteiger partial charge < -0.3 is 10.2 Å². The van der Waals surface area contributed by atoms with Crippen molar-refractivity contribution in [1.29, 1.82) is 0 Å². The summed E-state index contributed by atoms with van der Waals surface area (Å²) in [4.78, 5) is 41.6. The van der Waals surface area contributed by atoms with Crippen molar-refractivity contribution in [2.75, 3.05) is 11.4 Å². The summed E-state index contributed by atoms with van der Waals surface area (Å²) < 4.78 is 27.7. The molecular formula is C25H27F2N3O3. The Bertz CT molecular complexity index is 1090. The minimum absolute atomic E-state index is 0.0191. The van der Waals surface area contributed by atoms with Crippen LogP contribution in [0.1, 0.15) is 55.5 Å². The zero-order valence-corrected chi connectivity index (χ0v) is 18.7.